The molecule has 0 aliphatic heterocycles. The second-order valence-corrected chi connectivity index (χ2v) is 12.3. The van der Waals surface area contributed by atoms with E-state index in [4.69, 9.17) is 4.98 Å². The van der Waals surface area contributed by atoms with Crippen LogP contribution in [-0.4, -0.2) is 56.5 Å². The number of aromatic amines is 2. The number of aromatic nitrogens is 6. The van der Waals surface area contributed by atoms with E-state index in [2.05, 4.69) is 30.5 Å². The molecule has 10 nitrogen and oxygen atoms in total. The van der Waals surface area contributed by atoms with Crippen molar-refractivity contribution in [2.45, 2.75) is 19.8 Å². The number of carbonyl (C=O) groups is 1. The van der Waals surface area contributed by atoms with Gasteiger partial charge in [-0.05, 0) is 60.5 Å². The van der Waals surface area contributed by atoms with Gasteiger partial charge in [-0.2, -0.15) is 5.10 Å². The Balaban J connectivity index is 1.39. The first kappa shape index (κ1) is 27.2. The lowest BCUT2D eigenvalue weighted by atomic mass is 10.0. The van der Waals surface area contributed by atoms with Gasteiger partial charge in [0.05, 0.1) is 40.2 Å². The van der Waals surface area contributed by atoms with Gasteiger partial charge in [-0.1, -0.05) is 6.92 Å². The average molecular weight is 584 g/mol. The molecule has 0 saturated heterocycles. The quantitative estimate of drug-likeness (QED) is 0.220. The third-order valence-corrected chi connectivity index (χ3v) is 7.79. The van der Waals surface area contributed by atoms with Crippen molar-refractivity contribution in [3.63, 3.8) is 0 Å². The number of sulfone groups is 1. The summed E-state index contributed by atoms with van der Waals surface area (Å²) in [4.78, 5) is 28.9. The molecule has 6 rings (SSSR count). The Morgan fingerprint density at radius 1 is 1.00 bits per heavy atom. The van der Waals surface area contributed by atoms with Crippen LogP contribution in [0.3, 0.4) is 0 Å². The topological polar surface area (TPSA) is 146 Å². The second-order valence-electron chi connectivity index (χ2n) is 10.1. The number of aryl methyl sites for hydroxylation is 1. The summed E-state index contributed by atoms with van der Waals surface area (Å²) in [6, 6.07) is 13.8. The molecule has 0 unspecified atom stereocenters. The van der Waals surface area contributed by atoms with E-state index >= 15 is 0 Å². The number of amides is 1. The van der Waals surface area contributed by atoms with E-state index in [-0.39, 0.29) is 18.1 Å². The van der Waals surface area contributed by atoms with Crippen LogP contribution in [0, 0.1) is 5.82 Å². The molecule has 0 aliphatic carbocycles. The van der Waals surface area contributed by atoms with Crippen LogP contribution in [0.1, 0.15) is 18.9 Å². The summed E-state index contributed by atoms with van der Waals surface area (Å²) in [5.41, 5.74) is 7.06. The first-order valence-corrected chi connectivity index (χ1v) is 15.3. The molecule has 1 amide bonds. The molecular formula is C30H26FN7O3S. The number of hydrogen-bond donors (Lipinski definition) is 3. The highest BCUT2D eigenvalue weighted by Crippen LogP contribution is 2.34. The van der Waals surface area contributed by atoms with E-state index < -0.39 is 15.7 Å². The smallest absolute Gasteiger partial charge is 0.224 e. The van der Waals surface area contributed by atoms with Gasteiger partial charge >= 0.3 is 0 Å². The third-order valence-electron chi connectivity index (χ3n) is 6.84. The number of H-pyrrole nitrogens is 2. The number of carbonyl (C=O) groups excluding carboxylic acids is 1. The van der Waals surface area contributed by atoms with Gasteiger partial charge in [0, 0.05) is 47.1 Å². The standard InChI is InChI=1S/C30H26FN7O3S/c1-3-27(39)34-21-13-19(15-32-16-21)23-4-5-25-29(36-23)30(38-37-25)26-14-22-24(35-26)6-8-33-28(22)18-10-17(11-20(31)12-18)7-9-42(2,40)41/h4-6,8,10-16,35H,3,7,9H2,1-2H3,(H,34,39)(H,37,38). The number of benzene rings is 1. The van der Waals surface area contributed by atoms with Gasteiger partial charge in [0.2, 0.25) is 5.91 Å². The van der Waals surface area contributed by atoms with E-state index in [1.54, 1.807) is 31.6 Å². The van der Waals surface area contributed by atoms with Crippen LogP contribution in [-0.2, 0) is 21.1 Å². The molecule has 0 aliphatic rings. The predicted molar refractivity (Wildman–Crippen MR) is 160 cm³/mol. The molecular weight excluding hydrogens is 557 g/mol. The Kier molecular flexibility index (Phi) is 6.99. The van der Waals surface area contributed by atoms with Crippen molar-refractivity contribution in [3.05, 3.63) is 78.5 Å². The van der Waals surface area contributed by atoms with Crippen molar-refractivity contribution in [1.29, 1.82) is 0 Å². The normalized spacial score (nSPS) is 11.8. The van der Waals surface area contributed by atoms with Gasteiger partial charge in [0.15, 0.2) is 0 Å². The summed E-state index contributed by atoms with van der Waals surface area (Å²) in [5.74, 6) is -0.643. The lowest BCUT2D eigenvalue weighted by molar-refractivity contribution is -0.115. The Morgan fingerprint density at radius 3 is 2.67 bits per heavy atom. The molecule has 1 aromatic carbocycles. The lowest BCUT2D eigenvalue weighted by Gasteiger charge is -2.07. The molecule has 212 valence electrons. The van der Waals surface area contributed by atoms with Crippen molar-refractivity contribution >= 4 is 43.4 Å². The minimum atomic E-state index is -3.20. The van der Waals surface area contributed by atoms with Gasteiger partial charge in [-0.15, -0.1) is 0 Å². The molecule has 6 aromatic rings. The molecule has 0 atom stereocenters. The number of fused-ring (bicyclic) bond motifs is 2. The zero-order valence-corrected chi connectivity index (χ0v) is 23.6. The van der Waals surface area contributed by atoms with E-state index in [0.717, 1.165) is 28.2 Å². The minimum Gasteiger partial charge on any atom is -0.353 e. The summed E-state index contributed by atoms with van der Waals surface area (Å²) in [6.07, 6.45) is 6.62. The van der Waals surface area contributed by atoms with Crippen LogP contribution >= 0.6 is 0 Å². The number of nitrogens with zero attached hydrogens (tertiary/aromatic N) is 4. The number of hydrogen-bond acceptors (Lipinski definition) is 7. The van der Waals surface area contributed by atoms with Crippen LogP contribution in [0.2, 0.25) is 0 Å². The Bertz CT molecular complexity index is 2090. The molecule has 0 bridgehead atoms. The van der Waals surface area contributed by atoms with Crippen molar-refractivity contribution in [3.8, 4) is 33.9 Å². The fourth-order valence-electron chi connectivity index (χ4n) is 4.79. The molecule has 3 N–H and O–H groups in total. The van der Waals surface area contributed by atoms with E-state index in [0.29, 0.717) is 51.5 Å². The SMILES string of the molecule is CCC(=O)Nc1cncc(-c2ccc3[nH]nc(-c4cc5c(-c6cc(F)cc(CCS(C)(=O)=O)c6)nccc5[nH]4)c3n2)c1. The van der Waals surface area contributed by atoms with Crippen LogP contribution < -0.4 is 5.32 Å². The molecule has 5 heterocycles. The molecule has 0 fully saturated rings. The number of pyridine rings is 3. The summed E-state index contributed by atoms with van der Waals surface area (Å²) in [7, 11) is -3.20. The van der Waals surface area contributed by atoms with E-state index in [1.807, 2.05) is 30.3 Å². The number of nitrogens with one attached hydrogen (secondary N) is 3. The zero-order chi connectivity index (χ0) is 29.4. The van der Waals surface area contributed by atoms with Gasteiger partial charge in [0.25, 0.3) is 0 Å². The Morgan fingerprint density at radius 2 is 1.86 bits per heavy atom. The molecule has 12 heteroatoms. The number of halogens is 1. The maximum Gasteiger partial charge on any atom is 0.224 e. The largest absolute Gasteiger partial charge is 0.353 e. The first-order valence-electron chi connectivity index (χ1n) is 13.2. The molecule has 0 saturated carbocycles. The highest BCUT2D eigenvalue weighted by Gasteiger charge is 2.17. The zero-order valence-electron chi connectivity index (χ0n) is 22.8. The van der Waals surface area contributed by atoms with E-state index in [9.17, 15) is 17.6 Å². The van der Waals surface area contributed by atoms with Crippen LogP contribution in [0.4, 0.5) is 10.1 Å². The van der Waals surface area contributed by atoms with E-state index in [1.165, 1.54) is 12.1 Å². The average Bonchev–Trinajstić information content (AvgIpc) is 3.59. The summed E-state index contributed by atoms with van der Waals surface area (Å²) in [5, 5.41) is 11.1. The number of rotatable bonds is 8. The molecule has 0 spiro atoms. The fourth-order valence-corrected chi connectivity index (χ4v) is 5.40. The molecule has 0 radical (unpaired) electrons. The maximum atomic E-state index is 14.6. The Hall–Kier alpha value is -4.97. The van der Waals surface area contributed by atoms with Crippen molar-refractivity contribution in [2.24, 2.45) is 0 Å². The summed E-state index contributed by atoms with van der Waals surface area (Å²) < 4.78 is 37.9. The highest BCUT2D eigenvalue weighted by molar-refractivity contribution is 7.90. The van der Waals surface area contributed by atoms with Crippen molar-refractivity contribution < 1.29 is 17.6 Å². The fraction of sp³-hybridized carbons (Fsp3) is 0.167. The Labute approximate surface area is 240 Å². The highest BCUT2D eigenvalue weighted by atomic mass is 32.2. The van der Waals surface area contributed by atoms with Gasteiger partial charge in [-0.25, -0.2) is 17.8 Å². The van der Waals surface area contributed by atoms with Gasteiger partial charge < -0.3 is 10.3 Å². The first-order chi connectivity index (χ1) is 20.2. The minimum absolute atomic E-state index is 0.0726. The second kappa shape index (κ2) is 10.8. The summed E-state index contributed by atoms with van der Waals surface area (Å²) >= 11 is 0. The lowest BCUT2D eigenvalue weighted by Crippen LogP contribution is -2.09. The maximum absolute atomic E-state index is 14.6. The van der Waals surface area contributed by atoms with Gasteiger partial charge in [-0.3, -0.25) is 19.9 Å². The van der Waals surface area contributed by atoms with Crippen LogP contribution in [0.15, 0.2) is 67.1 Å². The predicted octanol–water partition coefficient (Wildman–Crippen LogP) is 5.30. The van der Waals surface area contributed by atoms with Crippen LogP contribution in [0.5, 0.6) is 0 Å². The molecule has 42 heavy (non-hydrogen) atoms. The van der Waals surface area contributed by atoms with Crippen molar-refractivity contribution in [1.82, 2.24) is 30.1 Å². The summed E-state index contributed by atoms with van der Waals surface area (Å²) in [6.45, 7) is 1.78. The van der Waals surface area contributed by atoms with Gasteiger partial charge in [0.1, 0.15) is 26.9 Å². The monoisotopic (exact) mass is 583 g/mol. The van der Waals surface area contributed by atoms with Crippen LogP contribution in [0.25, 0.3) is 55.8 Å². The third kappa shape index (κ3) is 5.61. The number of anilines is 1. The molecule has 5 aromatic heterocycles. The van der Waals surface area contributed by atoms with Crippen molar-refractivity contribution in [2.75, 3.05) is 17.3 Å².